The zero-order chi connectivity index (χ0) is 53.0. The van der Waals surface area contributed by atoms with Crippen molar-refractivity contribution in [1.82, 2.24) is 0 Å². The first-order valence-electron chi connectivity index (χ1n) is 33.4. The maximum Gasteiger partial charge on any atom is 0.306 e. The molecule has 0 aliphatic rings. The average Bonchev–Trinajstić information content (AvgIpc) is 3.38. The molecule has 6 nitrogen and oxygen atoms in total. The van der Waals surface area contributed by atoms with Gasteiger partial charge in [-0.05, 0) is 25.2 Å². The minimum atomic E-state index is -0.763. The van der Waals surface area contributed by atoms with Gasteiger partial charge in [-0.15, -0.1) is 0 Å². The Morgan fingerprint density at radius 3 is 0.671 bits per heavy atom. The molecule has 434 valence electrons. The fourth-order valence-corrected chi connectivity index (χ4v) is 10.5. The van der Waals surface area contributed by atoms with Crippen LogP contribution in [0.2, 0.25) is 0 Å². The van der Waals surface area contributed by atoms with Gasteiger partial charge in [-0.2, -0.15) is 0 Å². The maximum absolute atomic E-state index is 12.9. The van der Waals surface area contributed by atoms with Crippen molar-refractivity contribution < 1.29 is 28.6 Å². The van der Waals surface area contributed by atoms with Crippen LogP contribution in [0.25, 0.3) is 0 Å². The number of hydrogen-bond donors (Lipinski definition) is 0. The predicted octanol–water partition coefficient (Wildman–Crippen LogP) is 22.5. The second kappa shape index (κ2) is 61.3. The Hall–Kier alpha value is -1.59. The minimum Gasteiger partial charge on any atom is -0.462 e. The van der Waals surface area contributed by atoms with Crippen molar-refractivity contribution in [2.75, 3.05) is 13.2 Å². The van der Waals surface area contributed by atoms with Crippen LogP contribution in [0.3, 0.4) is 0 Å². The molecule has 0 spiro atoms. The average molecular weight is 1030 g/mol. The fourth-order valence-electron chi connectivity index (χ4n) is 10.5. The lowest BCUT2D eigenvalue weighted by atomic mass is 10.0. The summed E-state index contributed by atoms with van der Waals surface area (Å²) in [5, 5.41) is 0. The molecule has 0 fully saturated rings. The highest BCUT2D eigenvalue weighted by Gasteiger charge is 2.19. The largest absolute Gasteiger partial charge is 0.462 e. The fraction of sp³-hybridized carbons (Fsp3) is 0.955. The van der Waals surface area contributed by atoms with Crippen LogP contribution in [-0.2, 0) is 28.6 Å². The highest BCUT2D eigenvalue weighted by molar-refractivity contribution is 5.71. The van der Waals surface area contributed by atoms with Crippen molar-refractivity contribution in [2.45, 2.75) is 393 Å². The Kier molecular flexibility index (Phi) is 59.9. The van der Waals surface area contributed by atoms with Gasteiger partial charge in [-0.3, -0.25) is 14.4 Å². The zero-order valence-electron chi connectivity index (χ0n) is 50.1. The first kappa shape index (κ1) is 71.4. The molecule has 0 aromatic heterocycles. The van der Waals surface area contributed by atoms with E-state index in [1.807, 2.05) is 0 Å². The molecule has 0 saturated carbocycles. The molecule has 0 radical (unpaired) electrons. The molecule has 0 aromatic carbocycles. The molecule has 0 amide bonds. The molecule has 73 heavy (non-hydrogen) atoms. The van der Waals surface area contributed by atoms with Crippen LogP contribution >= 0.6 is 0 Å². The van der Waals surface area contributed by atoms with Gasteiger partial charge in [0, 0.05) is 19.3 Å². The lowest BCUT2D eigenvalue weighted by Crippen LogP contribution is -2.30. The topological polar surface area (TPSA) is 78.9 Å². The quantitative estimate of drug-likeness (QED) is 0.0343. The third kappa shape index (κ3) is 61.1. The van der Waals surface area contributed by atoms with Crippen molar-refractivity contribution in [1.29, 1.82) is 0 Å². The van der Waals surface area contributed by atoms with E-state index >= 15 is 0 Å². The first-order valence-corrected chi connectivity index (χ1v) is 33.4. The van der Waals surface area contributed by atoms with Crippen LogP contribution in [-0.4, -0.2) is 37.2 Å². The van der Waals surface area contributed by atoms with Gasteiger partial charge in [-0.25, -0.2) is 0 Å². The van der Waals surface area contributed by atoms with Crippen LogP contribution in [0.15, 0.2) is 0 Å². The van der Waals surface area contributed by atoms with E-state index in [1.54, 1.807) is 0 Å². The molecule has 0 heterocycles. The highest BCUT2D eigenvalue weighted by Crippen LogP contribution is 2.19. The van der Waals surface area contributed by atoms with Gasteiger partial charge in [-0.1, -0.05) is 349 Å². The third-order valence-corrected chi connectivity index (χ3v) is 15.5. The molecule has 0 saturated heterocycles. The molecule has 0 unspecified atom stereocenters. The van der Waals surface area contributed by atoms with Crippen LogP contribution in [0, 0.1) is 5.92 Å². The van der Waals surface area contributed by atoms with Gasteiger partial charge in [0.15, 0.2) is 6.10 Å². The normalized spacial score (nSPS) is 12.0. The van der Waals surface area contributed by atoms with E-state index in [0.29, 0.717) is 19.3 Å². The Labute approximate surface area is 457 Å². The minimum absolute atomic E-state index is 0.0609. The maximum atomic E-state index is 12.9. The number of ether oxygens (including phenoxy) is 3. The summed E-state index contributed by atoms with van der Waals surface area (Å²) in [5.41, 5.74) is 0. The van der Waals surface area contributed by atoms with Gasteiger partial charge in [0.2, 0.25) is 0 Å². The number of rotatable bonds is 62. The monoisotopic (exact) mass is 1030 g/mol. The van der Waals surface area contributed by atoms with Crippen LogP contribution in [0.5, 0.6) is 0 Å². The summed E-state index contributed by atoms with van der Waals surface area (Å²) in [7, 11) is 0. The van der Waals surface area contributed by atoms with Crippen molar-refractivity contribution in [2.24, 2.45) is 5.92 Å². The van der Waals surface area contributed by atoms with E-state index in [9.17, 15) is 14.4 Å². The number of hydrogen-bond acceptors (Lipinski definition) is 6. The Bertz CT molecular complexity index is 1110. The third-order valence-electron chi connectivity index (χ3n) is 15.5. The van der Waals surface area contributed by atoms with Gasteiger partial charge in [0.05, 0.1) is 0 Å². The molecular formula is C67H130O6. The molecule has 0 aromatic rings. The summed E-state index contributed by atoms with van der Waals surface area (Å²) in [6, 6.07) is 0. The molecule has 0 N–H and O–H groups in total. The van der Waals surface area contributed by atoms with E-state index in [1.165, 1.54) is 283 Å². The molecule has 0 aliphatic heterocycles. The standard InChI is InChI=1S/C67H130O6/c1-5-7-9-11-13-15-17-19-21-23-25-27-29-34-38-42-46-50-54-58-65(68)71-61-64(62-72-66(69)59-55-51-47-43-39-35-32-31-33-37-41-45-49-53-57-63(3)4)73-67(70)60-56-52-48-44-40-36-30-28-26-24-22-20-18-16-14-12-10-8-6-2/h63-64H,5-62H2,1-4H3/t64-/m1/s1. The Morgan fingerprint density at radius 1 is 0.260 bits per heavy atom. The van der Waals surface area contributed by atoms with Gasteiger partial charge < -0.3 is 14.2 Å². The first-order chi connectivity index (χ1) is 35.9. The highest BCUT2D eigenvalue weighted by atomic mass is 16.6. The lowest BCUT2D eigenvalue weighted by Gasteiger charge is -2.18. The summed E-state index contributed by atoms with van der Waals surface area (Å²) >= 11 is 0. The second-order valence-electron chi connectivity index (χ2n) is 23.6. The smallest absolute Gasteiger partial charge is 0.306 e. The molecule has 0 rings (SSSR count). The van der Waals surface area contributed by atoms with E-state index in [0.717, 1.165) is 63.7 Å². The Balaban J connectivity index is 4.28. The Morgan fingerprint density at radius 2 is 0.452 bits per heavy atom. The van der Waals surface area contributed by atoms with E-state index in [-0.39, 0.29) is 31.1 Å². The van der Waals surface area contributed by atoms with Crippen molar-refractivity contribution >= 4 is 17.9 Å². The molecule has 0 aliphatic carbocycles. The lowest BCUT2D eigenvalue weighted by molar-refractivity contribution is -0.167. The number of esters is 3. The van der Waals surface area contributed by atoms with Gasteiger partial charge >= 0.3 is 17.9 Å². The summed E-state index contributed by atoms with van der Waals surface area (Å²) in [6.45, 7) is 9.10. The summed E-state index contributed by atoms with van der Waals surface area (Å²) in [5.74, 6) is 0.0203. The van der Waals surface area contributed by atoms with Gasteiger partial charge in [0.25, 0.3) is 0 Å². The summed E-state index contributed by atoms with van der Waals surface area (Å²) < 4.78 is 17.0. The second-order valence-corrected chi connectivity index (χ2v) is 23.6. The molecule has 6 heteroatoms. The van der Waals surface area contributed by atoms with Crippen molar-refractivity contribution in [3.63, 3.8) is 0 Å². The number of unbranched alkanes of at least 4 members (excludes halogenated alkanes) is 49. The number of carbonyl (C=O) groups is 3. The molecular weight excluding hydrogens is 901 g/mol. The van der Waals surface area contributed by atoms with E-state index in [2.05, 4.69) is 27.7 Å². The molecule has 1 atom stereocenters. The van der Waals surface area contributed by atoms with Crippen molar-refractivity contribution in [3.8, 4) is 0 Å². The van der Waals surface area contributed by atoms with E-state index in [4.69, 9.17) is 14.2 Å². The molecule has 0 bridgehead atoms. The summed E-state index contributed by atoms with van der Waals surface area (Å²) in [4.78, 5) is 38.4. The van der Waals surface area contributed by atoms with Gasteiger partial charge in [0.1, 0.15) is 13.2 Å². The number of carbonyl (C=O) groups excluding carboxylic acids is 3. The van der Waals surface area contributed by atoms with E-state index < -0.39 is 6.10 Å². The SMILES string of the molecule is CCCCCCCCCCCCCCCCCCCCCC(=O)OC[C@H](COC(=O)CCCCCCCCCCCCCCCCC(C)C)OC(=O)CCCCCCCCCCCCCCCCCCCCC. The van der Waals surface area contributed by atoms with Crippen LogP contribution in [0.4, 0.5) is 0 Å². The van der Waals surface area contributed by atoms with Crippen LogP contribution in [0.1, 0.15) is 387 Å². The summed E-state index contributed by atoms with van der Waals surface area (Å²) in [6.07, 6.45) is 69.7. The zero-order valence-corrected chi connectivity index (χ0v) is 50.1. The predicted molar refractivity (Wildman–Crippen MR) is 317 cm³/mol. The van der Waals surface area contributed by atoms with Crippen LogP contribution < -0.4 is 0 Å². The van der Waals surface area contributed by atoms with Crippen molar-refractivity contribution in [3.05, 3.63) is 0 Å².